The van der Waals surface area contributed by atoms with Crippen LogP contribution in [0.5, 0.6) is 0 Å². The molecule has 0 fully saturated rings. The average Bonchev–Trinajstić information content (AvgIpc) is 2.47. The number of hydrogen-bond donors (Lipinski definition) is 1. The fourth-order valence-electron chi connectivity index (χ4n) is 2.20. The van der Waals surface area contributed by atoms with Crippen LogP contribution in [0.1, 0.15) is 20.7 Å². The number of benzene rings is 1. The summed E-state index contributed by atoms with van der Waals surface area (Å²) in [7, 11) is 0. The standard InChI is InChI=1S/C14H9N5O2/c15-13(20)8-4-9(6-10(5-8)17-18-16)14(21)19-11-2-1-3-12(19)7-11/h1-7H,(H2,15,20). The van der Waals surface area contributed by atoms with E-state index in [1.54, 1.807) is 12.2 Å². The molecule has 0 unspecified atom stereocenters. The Morgan fingerprint density at radius 2 is 1.95 bits per heavy atom. The number of amides is 2. The van der Waals surface area contributed by atoms with E-state index in [-0.39, 0.29) is 22.7 Å². The Kier molecular flexibility index (Phi) is 2.82. The minimum Gasteiger partial charge on any atom is -0.366 e. The van der Waals surface area contributed by atoms with E-state index < -0.39 is 5.91 Å². The number of hydrogen-bond acceptors (Lipinski definition) is 3. The van der Waals surface area contributed by atoms with Gasteiger partial charge in [0, 0.05) is 21.7 Å². The quantitative estimate of drug-likeness (QED) is 0.520. The summed E-state index contributed by atoms with van der Waals surface area (Å²) in [5, 5.41) is 3.43. The van der Waals surface area contributed by atoms with Gasteiger partial charge >= 0.3 is 0 Å². The van der Waals surface area contributed by atoms with Crippen molar-refractivity contribution >= 4 is 17.5 Å². The van der Waals surface area contributed by atoms with Gasteiger partial charge in [-0.25, -0.2) is 0 Å². The largest absolute Gasteiger partial charge is 0.366 e. The first kappa shape index (κ1) is 12.7. The number of carbonyl (C=O) groups is 2. The van der Waals surface area contributed by atoms with E-state index in [4.69, 9.17) is 11.3 Å². The summed E-state index contributed by atoms with van der Waals surface area (Å²) in [6, 6.07) is 4.15. The van der Waals surface area contributed by atoms with Gasteiger partial charge in [0.1, 0.15) is 0 Å². The second-order valence-electron chi connectivity index (χ2n) is 4.48. The molecule has 0 spiro atoms. The van der Waals surface area contributed by atoms with E-state index in [2.05, 4.69) is 10.0 Å². The Hall–Kier alpha value is -3.31. The van der Waals surface area contributed by atoms with Crippen molar-refractivity contribution in [1.29, 1.82) is 0 Å². The lowest BCUT2D eigenvalue weighted by molar-refractivity contribution is 0.0837. The van der Waals surface area contributed by atoms with Gasteiger partial charge in [0.15, 0.2) is 0 Å². The maximum Gasteiger partial charge on any atom is 0.262 e. The molecule has 0 saturated heterocycles. The van der Waals surface area contributed by atoms with Gasteiger partial charge < -0.3 is 5.73 Å². The Balaban J connectivity index is 2.02. The Labute approximate surface area is 119 Å². The van der Waals surface area contributed by atoms with Gasteiger partial charge in [0.2, 0.25) is 5.91 Å². The van der Waals surface area contributed by atoms with Crippen molar-refractivity contribution in [3.8, 4) is 0 Å². The Bertz CT molecular complexity index is 781. The fourth-order valence-corrected chi connectivity index (χ4v) is 2.20. The second-order valence-corrected chi connectivity index (χ2v) is 4.48. The fraction of sp³-hybridized carbons (Fsp3) is 0. The number of fused-ring (bicyclic) bond motifs is 2. The molecule has 2 bridgehead atoms. The number of azide groups is 1. The van der Waals surface area contributed by atoms with Crippen LogP contribution in [0.2, 0.25) is 0 Å². The van der Waals surface area contributed by atoms with Crippen LogP contribution in [0.3, 0.4) is 0 Å². The second kappa shape index (κ2) is 4.66. The minimum atomic E-state index is -0.693. The van der Waals surface area contributed by atoms with E-state index in [1.807, 2.05) is 12.2 Å². The van der Waals surface area contributed by atoms with Crippen LogP contribution in [0.4, 0.5) is 5.69 Å². The van der Waals surface area contributed by atoms with Crippen LogP contribution < -0.4 is 5.73 Å². The molecule has 3 rings (SSSR count). The Morgan fingerprint density at radius 3 is 2.52 bits per heavy atom. The van der Waals surface area contributed by atoms with Crippen LogP contribution >= 0.6 is 0 Å². The van der Waals surface area contributed by atoms with Crippen molar-refractivity contribution in [2.45, 2.75) is 0 Å². The summed E-state index contributed by atoms with van der Waals surface area (Å²) in [5.74, 6) is -0.998. The number of nitrogens with two attached hydrogens (primary N) is 1. The molecule has 2 heterocycles. The summed E-state index contributed by atoms with van der Waals surface area (Å²) in [5.41, 5.74) is 15.8. The SMILES string of the molecule is [N-]=[N+]=Nc1cc(C(N)=O)cc(C(=O)N2c3cccc2c3)c1. The van der Waals surface area contributed by atoms with Crippen LogP contribution in [0, 0.1) is 0 Å². The number of rotatable bonds is 3. The lowest BCUT2D eigenvalue weighted by Gasteiger charge is -2.34. The molecule has 1 aromatic carbocycles. The first-order valence-corrected chi connectivity index (χ1v) is 6.04. The van der Waals surface area contributed by atoms with Gasteiger partial charge in [-0.2, -0.15) is 0 Å². The maximum absolute atomic E-state index is 12.5. The van der Waals surface area contributed by atoms with Crippen LogP contribution in [0.15, 0.2) is 59.0 Å². The molecule has 102 valence electrons. The van der Waals surface area contributed by atoms with Crippen LogP contribution in [0.25, 0.3) is 10.4 Å². The number of allylic oxidation sites excluding steroid dienone is 4. The van der Waals surface area contributed by atoms with E-state index in [0.29, 0.717) is 0 Å². The molecule has 2 amide bonds. The number of carbonyl (C=O) groups excluding carboxylic acids is 2. The third kappa shape index (κ3) is 2.07. The summed E-state index contributed by atoms with van der Waals surface area (Å²) < 4.78 is 0. The molecular formula is C14H9N5O2. The predicted molar refractivity (Wildman–Crippen MR) is 75.2 cm³/mol. The van der Waals surface area contributed by atoms with Gasteiger partial charge in [-0.05, 0) is 42.0 Å². The average molecular weight is 279 g/mol. The van der Waals surface area contributed by atoms with Gasteiger partial charge in [0.25, 0.3) is 5.91 Å². The van der Waals surface area contributed by atoms with E-state index in [0.717, 1.165) is 11.4 Å². The summed E-state index contributed by atoms with van der Waals surface area (Å²) in [4.78, 5) is 28.0. The van der Waals surface area contributed by atoms with E-state index in [9.17, 15) is 9.59 Å². The normalized spacial score (nSPS) is 14.6. The highest BCUT2D eigenvalue weighted by Crippen LogP contribution is 2.33. The highest BCUT2D eigenvalue weighted by atomic mass is 16.2. The Morgan fingerprint density at radius 1 is 1.19 bits per heavy atom. The summed E-state index contributed by atoms with van der Waals surface area (Å²) in [6.07, 6.45) is 7.32. The molecule has 7 heteroatoms. The van der Waals surface area contributed by atoms with Crippen LogP contribution in [-0.4, -0.2) is 16.7 Å². The molecule has 2 aliphatic rings. The lowest BCUT2D eigenvalue weighted by Crippen LogP contribution is -2.36. The van der Waals surface area contributed by atoms with Crippen molar-refractivity contribution in [3.63, 3.8) is 0 Å². The first-order valence-electron chi connectivity index (χ1n) is 6.04. The zero-order chi connectivity index (χ0) is 15.0. The molecule has 0 atom stereocenters. The first-order chi connectivity index (χ1) is 10.1. The van der Waals surface area contributed by atoms with Crippen molar-refractivity contribution in [2.75, 3.05) is 0 Å². The van der Waals surface area contributed by atoms with Crippen molar-refractivity contribution in [2.24, 2.45) is 10.8 Å². The van der Waals surface area contributed by atoms with Crippen LogP contribution in [-0.2, 0) is 0 Å². The predicted octanol–water partition coefficient (Wildman–Crippen LogP) is 2.52. The molecular weight excluding hydrogens is 270 g/mol. The minimum absolute atomic E-state index is 0.118. The van der Waals surface area contributed by atoms with E-state index >= 15 is 0 Å². The van der Waals surface area contributed by atoms with E-state index in [1.165, 1.54) is 23.1 Å². The van der Waals surface area contributed by atoms with Gasteiger partial charge in [-0.3, -0.25) is 14.5 Å². The third-order valence-corrected chi connectivity index (χ3v) is 3.16. The molecule has 2 N–H and O–H groups in total. The van der Waals surface area contributed by atoms with Crippen molar-refractivity contribution in [1.82, 2.24) is 4.90 Å². The molecule has 1 aromatic rings. The lowest BCUT2D eigenvalue weighted by atomic mass is 10.0. The molecule has 0 aliphatic carbocycles. The molecule has 2 aliphatic heterocycles. The van der Waals surface area contributed by atoms with Gasteiger partial charge in [0.05, 0.1) is 11.4 Å². The monoisotopic (exact) mass is 279 g/mol. The zero-order valence-electron chi connectivity index (χ0n) is 10.7. The molecule has 0 aromatic heterocycles. The number of primary amides is 1. The zero-order valence-corrected chi connectivity index (χ0v) is 10.7. The van der Waals surface area contributed by atoms with Crippen molar-refractivity contribution in [3.05, 3.63) is 75.5 Å². The highest BCUT2D eigenvalue weighted by Gasteiger charge is 2.30. The molecule has 21 heavy (non-hydrogen) atoms. The smallest absolute Gasteiger partial charge is 0.262 e. The third-order valence-electron chi connectivity index (χ3n) is 3.16. The van der Waals surface area contributed by atoms with Gasteiger partial charge in [-0.15, -0.1) is 0 Å². The van der Waals surface area contributed by atoms with Gasteiger partial charge in [-0.1, -0.05) is 11.2 Å². The molecule has 0 saturated carbocycles. The summed E-state index contributed by atoms with van der Waals surface area (Å²) in [6.45, 7) is 0. The molecule has 0 radical (unpaired) electrons. The molecule has 7 nitrogen and oxygen atoms in total. The number of nitrogens with zero attached hydrogens (tertiary/aromatic N) is 4. The topological polar surface area (TPSA) is 112 Å². The summed E-state index contributed by atoms with van der Waals surface area (Å²) >= 11 is 0. The highest BCUT2D eigenvalue weighted by molar-refractivity contribution is 6.02. The van der Waals surface area contributed by atoms with Crippen molar-refractivity contribution < 1.29 is 9.59 Å². The maximum atomic E-state index is 12.5.